The van der Waals surface area contributed by atoms with Crippen molar-refractivity contribution >= 4 is 5.69 Å². The Balaban J connectivity index is 2.16. The van der Waals surface area contributed by atoms with Crippen LogP contribution >= 0.6 is 0 Å². The maximum Gasteiger partial charge on any atom is 0.149 e. The van der Waals surface area contributed by atoms with E-state index in [1.54, 1.807) is 11.9 Å². The maximum atomic E-state index is 14.1. The van der Waals surface area contributed by atoms with Crippen LogP contribution < -0.4 is 10.2 Å². The van der Waals surface area contributed by atoms with Crippen LogP contribution in [-0.2, 0) is 6.54 Å². The van der Waals surface area contributed by atoms with E-state index < -0.39 is 11.6 Å². The van der Waals surface area contributed by atoms with E-state index in [2.05, 4.69) is 5.32 Å². The second-order valence-corrected chi connectivity index (χ2v) is 5.64. The van der Waals surface area contributed by atoms with Crippen molar-refractivity contribution in [2.45, 2.75) is 51.7 Å². The van der Waals surface area contributed by atoms with Crippen molar-refractivity contribution in [3.8, 4) is 0 Å². The third-order valence-electron chi connectivity index (χ3n) is 3.77. The van der Waals surface area contributed by atoms with Crippen LogP contribution in [0.15, 0.2) is 12.1 Å². The number of halogens is 2. The normalized spacial score (nSPS) is 15.7. The van der Waals surface area contributed by atoms with Crippen LogP contribution in [0.3, 0.4) is 0 Å². The van der Waals surface area contributed by atoms with Gasteiger partial charge in [-0.1, -0.05) is 13.8 Å². The van der Waals surface area contributed by atoms with E-state index in [0.29, 0.717) is 18.2 Å². The Morgan fingerprint density at radius 1 is 1.26 bits per heavy atom. The minimum absolute atomic E-state index is 0.109. The van der Waals surface area contributed by atoms with E-state index in [1.165, 1.54) is 12.1 Å². The fraction of sp³-hybridized carbons (Fsp3) is 0.600. The molecule has 1 fully saturated rings. The van der Waals surface area contributed by atoms with E-state index in [1.807, 2.05) is 13.8 Å². The highest BCUT2D eigenvalue weighted by Crippen LogP contribution is 2.32. The van der Waals surface area contributed by atoms with Crippen LogP contribution in [0.5, 0.6) is 0 Å². The zero-order valence-corrected chi connectivity index (χ0v) is 11.8. The number of hydrogen-bond acceptors (Lipinski definition) is 2. The summed E-state index contributed by atoms with van der Waals surface area (Å²) in [5.74, 6) is -0.926. The smallest absolute Gasteiger partial charge is 0.149 e. The van der Waals surface area contributed by atoms with E-state index >= 15 is 0 Å². The predicted octanol–water partition coefficient (Wildman–Crippen LogP) is 3.45. The molecule has 0 bridgehead atoms. The fourth-order valence-corrected chi connectivity index (χ4v) is 2.34. The van der Waals surface area contributed by atoms with E-state index in [9.17, 15) is 8.78 Å². The molecule has 1 aromatic carbocycles. The van der Waals surface area contributed by atoms with Gasteiger partial charge in [-0.05, 0) is 37.0 Å². The standard InChI is InChI=1S/C15H22F2N2/c1-10(2)18-9-11-7-13(16)15(14(17)8-11)19(3)12-5-4-6-12/h7-8,10,12,18H,4-6,9H2,1-3H3. The third-order valence-corrected chi connectivity index (χ3v) is 3.77. The van der Waals surface area contributed by atoms with Crippen LogP contribution in [-0.4, -0.2) is 19.1 Å². The molecule has 0 aromatic heterocycles. The third kappa shape index (κ3) is 3.24. The average Bonchev–Trinajstić information content (AvgIpc) is 2.22. The van der Waals surface area contributed by atoms with Gasteiger partial charge in [-0.3, -0.25) is 0 Å². The zero-order chi connectivity index (χ0) is 14.0. The lowest BCUT2D eigenvalue weighted by atomic mass is 9.91. The molecule has 2 nitrogen and oxygen atoms in total. The van der Waals surface area contributed by atoms with Gasteiger partial charge in [-0.2, -0.15) is 0 Å². The molecule has 0 heterocycles. The summed E-state index contributed by atoms with van der Waals surface area (Å²) in [4.78, 5) is 1.74. The van der Waals surface area contributed by atoms with Crippen LogP contribution in [0, 0.1) is 11.6 Å². The second kappa shape index (κ2) is 5.87. The van der Waals surface area contributed by atoms with Gasteiger partial charge in [0.25, 0.3) is 0 Å². The van der Waals surface area contributed by atoms with Crippen molar-refractivity contribution in [3.05, 3.63) is 29.3 Å². The fourth-order valence-electron chi connectivity index (χ4n) is 2.34. The first-order chi connectivity index (χ1) is 8.99. The van der Waals surface area contributed by atoms with Crippen molar-refractivity contribution < 1.29 is 8.78 Å². The molecule has 1 aliphatic rings. The SMILES string of the molecule is CC(C)NCc1cc(F)c(N(C)C2CCC2)c(F)c1. The Labute approximate surface area is 113 Å². The molecule has 1 N–H and O–H groups in total. The van der Waals surface area contributed by atoms with Crippen LogP contribution in [0.1, 0.15) is 38.7 Å². The number of anilines is 1. The molecule has 2 rings (SSSR count). The minimum Gasteiger partial charge on any atom is -0.367 e. The summed E-state index contributed by atoms with van der Waals surface area (Å²) in [5, 5.41) is 3.16. The summed E-state index contributed by atoms with van der Waals surface area (Å²) >= 11 is 0. The van der Waals surface area contributed by atoms with Gasteiger partial charge in [0.2, 0.25) is 0 Å². The molecular weight excluding hydrogens is 246 g/mol. The molecule has 106 valence electrons. The lowest BCUT2D eigenvalue weighted by molar-refractivity contribution is 0.393. The number of rotatable bonds is 5. The maximum absolute atomic E-state index is 14.1. The van der Waals surface area contributed by atoms with E-state index in [4.69, 9.17) is 0 Å². The first-order valence-corrected chi connectivity index (χ1v) is 6.93. The lowest BCUT2D eigenvalue weighted by Crippen LogP contribution is -2.38. The molecule has 0 saturated heterocycles. The molecule has 1 aliphatic carbocycles. The summed E-state index contributed by atoms with van der Waals surface area (Å²) in [6.07, 6.45) is 3.19. The number of nitrogens with zero attached hydrogens (tertiary/aromatic N) is 1. The number of nitrogens with one attached hydrogen (secondary N) is 1. The van der Waals surface area contributed by atoms with E-state index in [-0.39, 0.29) is 11.7 Å². The lowest BCUT2D eigenvalue weighted by Gasteiger charge is -2.36. The molecule has 1 aromatic rings. The Morgan fingerprint density at radius 2 is 1.84 bits per heavy atom. The predicted molar refractivity (Wildman–Crippen MR) is 74.4 cm³/mol. The van der Waals surface area contributed by atoms with Crippen molar-refractivity contribution in [2.75, 3.05) is 11.9 Å². The molecular formula is C15H22F2N2. The van der Waals surface area contributed by atoms with Gasteiger partial charge in [-0.15, -0.1) is 0 Å². The topological polar surface area (TPSA) is 15.3 Å². The molecule has 0 atom stereocenters. The highest BCUT2D eigenvalue weighted by molar-refractivity contribution is 5.51. The largest absolute Gasteiger partial charge is 0.367 e. The Bertz CT molecular complexity index is 419. The van der Waals surface area contributed by atoms with Crippen LogP contribution in [0.25, 0.3) is 0 Å². The van der Waals surface area contributed by atoms with Gasteiger partial charge in [-0.25, -0.2) is 8.78 Å². The van der Waals surface area contributed by atoms with Crippen LogP contribution in [0.4, 0.5) is 14.5 Å². The van der Waals surface area contributed by atoms with Gasteiger partial charge < -0.3 is 10.2 Å². The summed E-state index contributed by atoms with van der Waals surface area (Å²) in [6.45, 7) is 4.50. The van der Waals surface area contributed by atoms with E-state index in [0.717, 1.165) is 19.3 Å². The molecule has 19 heavy (non-hydrogen) atoms. The van der Waals surface area contributed by atoms with Gasteiger partial charge in [0, 0.05) is 25.7 Å². The summed E-state index contributed by atoms with van der Waals surface area (Å²) in [7, 11) is 1.78. The Kier molecular flexibility index (Phi) is 4.40. The van der Waals surface area contributed by atoms with Gasteiger partial charge in [0.15, 0.2) is 0 Å². The molecule has 0 radical (unpaired) electrons. The molecule has 0 amide bonds. The van der Waals surface area contributed by atoms with Crippen molar-refractivity contribution in [2.24, 2.45) is 0 Å². The monoisotopic (exact) mass is 268 g/mol. The minimum atomic E-state index is -0.463. The number of hydrogen-bond donors (Lipinski definition) is 1. The Morgan fingerprint density at radius 3 is 2.26 bits per heavy atom. The van der Waals surface area contributed by atoms with Gasteiger partial charge >= 0.3 is 0 Å². The average molecular weight is 268 g/mol. The first-order valence-electron chi connectivity index (χ1n) is 6.93. The quantitative estimate of drug-likeness (QED) is 0.880. The second-order valence-electron chi connectivity index (χ2n) is 5.64. The van der Waals surface area contributed by atoms with Gasteiger partial charge in [0.1, 0.15) is 17.3 Å². The summed E-state index contributed by atoms with van der Waals surface area (Å²) < 4.78 is 28.2. The zero-order valence-electron chi connectivity index (χ0n) is 11.8. The van der Waals surface area contributed by atoms with Crippen molar-refractivity contribution in [1.29, 1.82) is 0 Å². The highest BCUT2D eigenvalue weighted by atomic mass is 19.1. The van der Waals surface area contributed by atoms with Crippen LogP contribution in [0.2, 0.25) is 0 Å². The molecule has 1 saturated carbocycles. The number of benzene rings is 1. The van der Waals surface area contributed by atoms with Gasteiger partial charge in [0.05, 0.1) is 0 Å². The molecule has 0 aliphatic heterocycles. The first kappa shape index (κ1) is 14.3. The molecule has 0 unspecified atom stereocenters. The highest BCUT2D eigenvalue weighted by Gasteiger charge is 2.26. The molecule has 0 spiro atoms. The van der Waals surface area contributed by atoms with Crippen molar-refractivity contribution in [3.63, 3.8) is 0 Å². The Hall–Kier alpha value is -1.16. The summed E-state index contributed by atoms with van der Waals surface area (Å²) in [6, 6.07) is 3.44. The molecule has 4 heteroatoms. The summed E-state index contributed by atoms with van der Waals surface area (Å²) in [5.41, 5.74) is 0.757. The van der Waals surface area contributed by atoms with Crippen molar-refractivity contribution in [1.82, 2.24) is 5.32 Å².